The molecule has 0 fully saturated rings. The van der Waals surface area contributed by atoms with E-state index >= 15 is 0 Å². The fourth-order valence-electron chi connectivity index (χ4n) is 2.74. The summed E-state index contributed by atoms with van der Waals surface area (Å²) in [6.07, 6.45) is -0.629. The van der Waals surface area contributed by atoms with Crippen LogP contribution in [-0.4, -0.2) is 38.8 Å². The molecular formula is C21H19FN4O3S2. The Bertz CT molecular complexity index is 1160. The van der Waals surface area contributed by atoms with Gasteiger partial charge in [-0.25, -0.2) is 9.37 Å². The van der Waals surface area contributed by atoms with Gasteiger partial charge in [0.05, 0.1) is 22.5 Å². The number of hydrogen-bond donors (Lipinski definition) is 0. The van der Waals surface area contributed by atoms with E-state index in [-0.39, 0.29) is 28.5 Å². The minimum Gasteiger partial charge on any atom is -0.478 e. The van der Waals surface area contributed by atoms with E-state index in [1.54, 1.807) is 42.3 Å². The van der Waals surface area contributed by atoms with E-state index < -0.39 is 11.9 Å². The van der Waals surface area contributed by atoms with Gasteiger partial charge in [-0.2, -0.15) is 0 Å². The molecular weight excluding hydrogens is 439 g/mol. The lowest BCUT2D eigenvalue weighted by atomic mass is 10.3. The molecule has 7 nitrogen and oxygen atoms in total. The maximum atomic E-state index is 13.7. The zero-order valence-corrected chi connectivity index (χ0v) is 18.5. The third-order valence-electron chi connectivity index (χ3n) is 4.37. The second kappa shape index (κ2) is 9.44. The number of carbonyl (C=O) groups excluding carboxylic acids is 1. The number of benzene rings is 2. The lowest BCUT2D eigenvalue weighted by molar-refractivity contribution is -0.127. The van der Waals surface area contributed by atoms with Crippen LogP contribution in [0.5, 0.6) is 5.75 Å². The first-order valence-corrected chi connectivity index (χ1v) is 11.3. The first-order chi connectivity index (χ1) is 15.0. The topological polar surface area (TPSA) is 81.4 Å². The minimum absolute atomic E-state index is 0.0836. The fourth-order valence-corrected chi connectivity index (χ4v) is 4.47. The van der Waals surface area contributed by atoms with E-state index in [4.69, 9.17) is 9.15 Å². The van der Waals surface area contributed by atoms with Crippen LogP contribution in [0.25, 0.3) is 10.2 Å². The highest BCUT2D eigenvalue weighted by molar-refractivity contribution is 7.99. The van der Waals surface area contributed by atoms with Crippen LogP contribution in [0.4, 0.5) is 4.39 Å². The van der Waals surface area contributed by atoms with Crippen LogP contribution in [0, 0.1) is 5.82 Å². The Labute approximate surface area is 186 Å². The van der Waals surface area contributed by atoms with E-state index in [0.29, 0.717) is 6.54 Å². The summed E-state index contributed by atoms with van der Waals surface area (Å²) in [5.41, 5.74) is 0.933. The van der Waals surface area contributed by atoms with Crippen molar-refractivity contribution in [1.29, 1.82) is 0 Å². The molecule has 0 aliphatic carbocycles. The molecule has 0 aliphatic heterocycles. The Morgan fingerprint density at radius 1 is 1.23 bits per heavy atom. The van der Waals surface area contributed by atoms with Gasteiger partial charge in [0.2, 0.25) is 5.91 Å². The molecule has 31 heavy (non-hydrogen) atoms. The van der Waals surface area contributed by atoms with Crippen molar-refractivity contribution in [2.75, 3.05) is 12.8 Å². The highest BCUT2D eigenvalue weighted by Gasteiger charge is 2.19. The molecule has 0 saturated heterocycles. The molecule has 0 saturated carbocycles. The van der Waals surface area contributed by atoms with E-state index in [1.165, 1.54) is 12.1 Å². The predicted octanol–water partition coefficient (Wildman–Crippen LogP) is 4.71. The van der Waals surface area contributed by atoms with Crippen LogP contribution in [0.15, 0.2) is 58.2 Å². The highest BCUT2D eigenvalue weighted by atomic mass is 32.2. The predicted molar refractivity (Wildman–Crippen MR) is 117 cm³/mol. The number of amides is 1. The molecule has 0 spiro atoms. The zero-order chi connectivity index (χ0) is 21.8. The molecule has 0 unspecified atom stereocenters. The van der Waals surface area contributed by atoms with Gasteiger partial charge < -0.3 is 14.1 Å². The normalized spacial score (nSPS) is 12.1. The van der Waals surface area contributed by atoms with Crippen molar-refractivity contribution in [1.82, 2.24) is 20.1 Å². The Morgan fingerprint density at radius 2 is 2.00 bits per heavy atom. The third kappa shape index (κ3) is 5.20. The summed E-state index contributed by atoms with van der Waals surface area (Å²) in [4.78, 5) is 18.7. The average molecular weight is 459 g/mol. The molecule has 1 atom stereocenters. The van der Waals surface area contributed by atoms with Crippen molar-refractivity contribution >= 4 is 39.2 Å². The second-order valence-corrected chi connectivity index (χ2v) is 8.75. The number of hydrogen-bond acceptors (Lipinski definition) is 8. The third-order valence-corrected chi connectivity index (χ3v) is 6.19. The lowest BCUT2D eigenvalue weighted by Crippen LogP contribution is -2.27. The van der Waals surface area contributed by atoms with Crippen molar-refractivity contribution in [2.24, 2.45) is 0 Å². The van der Waals surface area contributed by atoms with Gasteiger partial charge in [-0.3, -0.25) is 4.79 Å². The Morgan fingerprint density at radius 3 is 2.81 bits per heavy atom. The van der Waals surface area contributed by atoms with E-state index in [2.05, 4.69) is 15.2 Å². The van der Waals surface area contributed by atoms with Crippen molar-refractivity contribution < 1.29 is 18.3 Å². The number of halogens is 1. The molecule has 2 aromatic heterocycles. The number of fused-ring (bicyclic) bond motifs is 1. The standard InChI is InChI=1S/C21H19FN4O3S2/c1-13(28-16-9-5-3-7-14(16)22)20-24-25-21(29-20)30-12-19(27)26(2)11-18-23-15-8-4-6-10-17(15)31-18/h3-10,13H,11-12H2,1-2H3/t13-/m1/s1. The van der Waals surface area contributed by atoms with Crippen LogP contribution >= 0.6 is 23.1 Å². The molecule has 0 radical (unpaired) electrons. The summed E-state index contributed by atoms with van der Waals surface area (Å²) in [6, 6.07) is 14.0. The SMILES string of the molecule is C[C@@H](Oc1ccccc1F)c1nnc(SCC(=O)N(C)Cc2nc3ccccc3s2)o1. The average Bonchev–Trinajstić information content (AvgIpc) is 3.40. The zero-order valence-electron chi connectivity index (χ0n) is 16.8. The van der Waals surface area contributed by atoms with Crippen LogP contribution < -0.4 is 4.74 Å². The van der Waals surface area contributed by atoms with Gasteiger partial charge in [0, 0.05) is 7.05 Å². The first kappa shape index (κ1) is 21.3. The molecule has 10 heteroatoms. The van der Waals surface area contributed by atoms with Gasteiger partial charge >= 0.3 is 0 Å². The van der Waals surface area contributed by atoms with Gasteiger partial charge in [-0.1, -0.05) is 36.0 Å². The van der Waals surface area contributed by atoms with Crippen molar-refractivity contribution in [2.45, 2.75) is 24.8 Å². The number of carbonyl (C=O) groups is 1. The maximum absolute atomic E-state index is 13.7. The summed E-state index contributed by atoms with van der Waals surface area (Å²) in [7, 11) is 1.73. The van der Waals surface area contributed by atoms with Crippen LogP contribution in [0.2, 0.25) is 0 Å². The smallest absolute Gasteiger partial charge is 0.277 e. The van der Waals surface area contributed by atoms with Crippen molar-refractivity contribution in [3.8, 4) is 5.75 Å². The number of nitrogens with zero attached hydrogens (tertiary/aromatic N) is 4. The summed E-state index contributed by atoms with van der Waals surface area (Å²) in [6.45, 7) is 2.12. The largest absolute Gasteiger partial charge is 0.478 e. The number of thiazole rings is 1. The molecule has 0 aliphatic rings. The van der Waals surface area contributed by atoms with Gasteiger partial charge in [-0.15, -0.1) is 21.5 Å². The van der Waals surface area contributed by atoms with Crippen molar-refractivity contribution in [3.63, 3.8) is 0 Å². The van der Waals surface area contributed by atoms with E-state index in [1.807, 2.05) is 24.3 Å². The van der Waals surface area contributed by atoms with Gasteiger partial charge in [0.25, 0.3) is 11.1 Å². The summed E-state index contributed by atoms with van der Waals surface area (Å²) >= 11 is 2.71. The van der Waals surface area contributed by atoms with Crippen molar-refractivity contribution in [3.05, 3.63) is 65.2 Å². The lowest BCUT2D eigenvalue weighted by Gasteiger charge is -2.14. The number of ether oxygens (including phenoxy) is 1. The highest BCUT2D eigenvalue weighted by Crippen LogP contribution is 2.26. The molecule has 2 heterocycles. The number of para-hydroxylation sites is 2. The number of rotatable bonds is 8. The summed E-state index contributed by atoms with van der Waals surface area (Å²) in [5, 5.41) is 9.00. The Kier molecular flexibility index (Phi) is 6.47. The van der Waals surface area contributed by atoms with E-state index in [9.17, 15) is 9.18 Å². The summed E-state index contributed by atoms with van der Waals surface area (Å²) < 4.78 is 25.9. The summed E-state index contributed by atoms with van der Waals surface area (Å²) in [5.74, 6) is -0.0917. The van der Waals surface area contributed by atoms with Crippen LogP contribution in [-0.2, 0) is 11.3 Å². The monoisotopic (exact) mass is 458 g/mol. The number of thioether (sulfide) groups is 1. The fraction of sp³-hybridized carbons (Fsp3) is 0.238. The quantitative estimate of drug-likeness (QED) is 0.354. The molecule has 160 valence electrons. The molecule has 0 bridgehead atoms. The maximum Gasteiger partial charge on any atom is 0.277 e. The van der Waals surface area contributed by atoms with Crippen LogP contribution in [0.3, 0.4) is 0 Å². The van der Waals surface area contributed by atoms with Gasteiger partial charge in [0.15, 0.2) is 17.7 Å². The Hall–Kier alpha value is -2.98. The molecule has 0 N–H and O–H groups in total. The molecule has 4 rings (SSSR count). The molecule has 1 amide bonds. The Balaban J connectivity index is 1.30. The minimum atomic E-state index is -0.629. The van der Waals surface area contributed by atoms with Gasteiger partial charge in [0.1, 0.15) is 5.01 Å². The number of aromatic nitrogens is 3. The van der Waals surface area contributed by atoms with Gasteiger partial charge in [-0.05, 0) is 31.2 Å². The molecule has 4 aromatic rings. The van der Waals surface area contributed by atoms with E-state index in [0.717, 1.165) is 27.0 Å². The second-order valence-electron chi connectivity index (χ2n) is 6.71. The molecule has 2 aromatic carbocycles. The first-order valence-electron chi connectivity index (χ1n) is 9.45. The van der Waals surface area contributed by atoms with Crippen LogP contribution in [0.1, 0.15) is 23.9 Å².